The van der Waals surface area contributed by atoms with Crippen LogP contribution >= 0.6 is 0 Å². The first-order valence-corrected chi connectivity index (χ1v) is 7.19. The third-order valence-electron chi connectivity index (χ3n) is 3.96. The van der Waals surface area contributed by atoms with Crippen LogP contribution in [0.3, 0.4) is 0 Å². The number of anilines is 3. The lowest BCUT2D eigenvalue weighted by Crippen LogP contribution is -2.25. The Hall–Kier alpha value is -2.89. The molecule has 0 aliphatic carbocycles. The average molecular weight is 293 g/mol. The summed E-state index contributed by atoms with van der Waals surface area (Å²) in [6.07, 6.45) is 4.30. The van der Waals surface area contributed by atoms with E-state index in [2.05, 4.69) is 21.5 Å². The molecule has 0 unspecified atom stereocenters. The highest BCUT2D eigenvalue weighted by Gasteiger charge is 2.22. The lowest BCUT2D eigenvalue weighted by Gasteiger charge is -2.16. The van der Waals surface area contributed by atoms with Crippen LogP contribution in [-0.2, 0) is 11.2 Å². The second-order valence-electron chi connectivity index (χ2n) is 5.34. The van der Waals surface area contributed by atoms with Crippen LogP contribution in [0.15, 0.2) is 42.9 Å². The van der Waals surface area contributed by atoms with Crippen molar-refractivity contribution >= 4 is 28.6 Å². The Balaban J connectivity index is 1.71. The first kappa shape index (κ1) is 12.8. The molecule has 1 aliphatic rings. The number of carbonyl (C=O) groups excluding carboxylic acids is 1. The minimum atomic E-state index is 0.0758. The largest absolute Gasteiger partial charge is 0.338 e. The molecule has 0 radical (unpaired) electrons. The topological polar surface area (TPSA) is 62.5 Å². The maximum atomic E-state index is 11.7. The Kier molecular flexibility index (Phi) is 2.82. The Morgan fingerprint density at radius 1 is 1.32 bits per heavy atom. The molecule has 1 aliphatic heterocycles. The molecule has 0 spiro atoms. The maximum absolute atomic E-state index is 11.7. The summed E-state index contributed by atoms with van der Waals surface area (Å²) in [7, 11) is 0. The Morgan fingerprint density at radius 3 is 3.09 bits per heavy atom. The Morgan fingerprint density at radius 2 is 2.23 bits per heavy atom. The Bertz CT molecular complexity index is 870. The monoisotopic (exact) mass is 293 g/mol. The van der Waals surface area contributed by atoms with Gasteiger partial charge in [-0.2, -0.15) is 5.10 Å². The lowest BCUT2D eigenvalue weighted by atomic mass is 10.1. The normalized spacial score (nSPS) is 13.4. The number of nitrogens with zero attached hydrogens (tertiary/aromatic N) is 4. The fraction of sp³-hybridized carbons (Fsp3) is 0.188. The van der Waals surface area contributed by atoms with Crippen LogP contribution < -0.4 is 10.2 Å². The number of hydrogen-bond acceptors (Lipinski definition) is 4. The molecule has 3 aromatic rings. The minimum Gasteiger partial charge on any atom is -0.338 e. The highest BCUT2D eigenvalue weighted by molar-refractivity contribution is 5.94. The lowest BCUT2D eigenvalue weighted by molar-refractivity contribution is -0.116. The molecule has 110 valence electrons. The van der Waals surface area contributed by atoms with Crippen LogP contribution in [0, 0.1) is 0 Å². The SMILES string of the molecule is CC(=O)N1CCc2ccc(Nc3ncnn4cccc34)cc21. The molecule has 0 atom stereocenters. The maximum Gasteiger partial charge on any atom is 0.223 e. The van der Waals surface area contributed by atoms with Gasteiger partial charge in [0.2, 0.25) is 5.91 Å². The van der Waals surface area contributed by atoms with Crippen LogP contribution in [0.2, 0.25) is 0 Å². The standard InChI is InChI=1S/C16H15N5O/c1-11(22)20-8-6-12-4-5-13(9-15(12)20)19-16-14-3-2-7-21(14)18-10-17-16/h2-5,7,9-10H,6,8H2,1H3,(H,17,18,19). The van der Waals surface area contributed by atoms with E-state index in [1.54, 1.807) is 11.4 Å². The van der Waals surface area contributed by atoms with E-state index in [1.165, 1.54) is 11.9 Å². The van der Waals surface area contributed by atoms with Crippen LogP contribution in [0.1, 0.15) is 12.5 Å². The first-order chi connectivity index (χ1) is 10.7. The van der Waals surface area contributed by atoms with Crippen LogP contribution in [-0.4, -0.2) is 27.0 Å². The van der Waals surface area contributed by atoms with Crippen molar-refractivity contribution in [1.29, 1.82) is 0 Å². The van der Waals surface area contributed by atoms with Crippen molar-refractivity contribution in [2.24, 2.45) is 0 Å². The van der Waals surface area contributed by atoms with Crippen LogP contribution in [0.4, 0.5) is 17.2 Å². The van der Waals surface area contributed by atoms with Gasteiger partial charge in [-0.25, -0.2) is 9.50 Å². The van der Waals surface area contributed by atoms with Gasteiger partial charge in [0.05, 0.1) is 0 Å². The predicted octanol–water partition coefficient (Wildman–Crippen LogP) is 2.38. The van der Waals surface area contributed by atoms with Crippen molar-refractivity contribution < 1.29 is 4.79 Å². The van der Waals surface area contributed by atoms with E-state index >= 15 is 0 Å². The van der Waals surface area contributed by atoms with E-state index in [4.69, 9.17) is 0 Å². The van der Waals surface area contributed by atoms with Gasteiger partial charge in [0.1, 0.15) is 11.8 Å². The quantitative estimate of drug-likeness (QED) is 0.788. The number of hydrogen-bond donors (Lipinski definition) is 1. The first-order valence-electron chi connectivity index (χ1n) is 7.19. The fourth-order valence-electron chi connectivity index (χ4n) is 2.88. The van der Waals surface area contributed by atoms with Gasteiger partial charge in [-0.05, 0) is 36.2 Å². The van der Waals surface area contributed by atoms with E-state index < -0.39 is 0 Å². The number of carbonyl (C=O) groups is 1. The highest BCUT2D eigenvalue weighted by Crippen LogP contribution is 2.32. The summed E-state index contributed by atoms with van der Waals surface area (Å²) in [6.45, 7) is 2.36. The van der Waals surface area contributed by atoms with Crippen LogP contribution in [0.25, 0.3) is 5.52 Å². The molecule has 0 saturated carbocycles. The zero-order valence-corrected chi connectivity index (χ0v) is 12.2. The van der Waals surface area contributed by atoms with Crippen molar-refractivity contribution in [3.8, 4) is 0 Å². The highest BCUT2D eigenvalue weighted by atomic mass is 16.2. The number of fused-ring (bicyclic) bond motifs is 2. The molecule has 22 heavy (non-hydrogen) atoms. The minimum absolute atomic E-state index is 0.0758. The molecule has 1 aromatic carbocycles. The molecule has 1 amide bonds. The average Bonchev–Trinajstić information content (AvgIpc) is 3.13. The van der Waals surface area contributed by atoms with Crippen molar-refractivity contribution in [2.75, 3.05) is 16.8 Å². The molecule has 6 heteroatoms. The van der Waals surface area contributed by atoms with Gasteiger partial charge in [0, 0.05) is 31.0 Å². The van der Waals surface area contributed by atoms with Gasteiger partial charge in [-0.3, -0.25) is 4.79 Å². The van der Waals surface area contributed by atoms with Crippen LogP contribution in [0.5, 0.6) is 0 Å². The van der Waals surface area contributed by atoms with Gasteiger partial charge in [0.25, 0.3) is 0 Å². The summed E-state index contributed by atoms with van der Waals surface area (Å²) in [5.41, 5.74) is 4.01. The van der Waals surface area contributed by atoms with Gasteiger partial charge >= 0.3 is 0 Å². The molecule has 2 aromatic heterocycles. The summed E-state index contributed by atoms with van der Waals surface area (Å²) >= 11 is 0. The molecular weight excluding hydrogens is 278 g/mol. The van der Waals surface area contributed by atoms with Gasteiger partial charge in [-0.1, -0.05) is 6.07 Å². The number of nitrogens with one attached hydrogen (secondary N) is 1. The third-order valence-corrected chi connectivity index (χ3v) is 3.96. The summed E-state index contributed by atoms with van der Waals surface area (Å²) in [5.74, 6) is 0.819. The molecule has 3 heterocycles. The fourth-order valence-corrected chi connectivity index (χ4v) is 2.88. The molecule has 6 nitrogen and oxygen atoms in total. The van der Waals surface area contributed by atoms with Crippen molar-refractivity contribution in [1.82, 2.24) is 14.6 Å². The van der Waals surface area contributed by atoms with Gasteiger partial charge in [0.15, 0.2) is 5.82 Å². The number of rotatable bonds is 2. The third kappa shape index (κ3) is 2.00. The molecule has 0 bridgehead atoms. The van der Waals surface area contributed by atoms with Crippen molar-refractivity contribution in [3.63, 3.8) is 0 Å². The molecule has 0 fully saturated rings. The molecule has 4 rings (SSSR count). The smallest absolute Gasteiger partial charge is 0.223 e. The predicted molar refractivity (Wildman–Crippen MR) is 84.4 cm³/mol. The molecule has 0 saturated heterocycles. The van der Waals surface area contributed by atoms with E-state index in [1.807, 2.05) is 35.4 Å². The van der Waals surface area contributed by atoms with Gasteiger partial charge < -0.3 is 10.2 Å². The molecular formula is C16H15N5O. The van der Waals surface area contributed by atoms with Crippen molar-refractivity contribution in [3.05, 3.63) is 48.4 Å². The summed E-state index contributed by atoms with van der Waals surface area (Å²) in [5, 5.41) is 7.46. The molecule has 1 N–H and O–H groups in total. The number of aromatic nitrogens is 3. The zero-order valence-electron chi connectivity index (χ0n) is 12.2. The second-order valence-corrected chi connectivity index (χ2v) is 5.34. The summed E-state index contributed by atoms with van der Waals surface area (Å²) in [4.78, 5) is 17.8. The van der Waals surface area contributed by atoms with E-state index in [0.717, 1.165) is 35.7 Å². The second kappa shape index (κ2) is 4.84. The summed E-state index contributed by atoms with van der Waals surface area (Å²) < 4.78 is 1.77. The van der Waals surface area contributed by atoms with E-state index in [9.17, 15) is 4.79 Å². The summed E-state index contributed by atoms with van der Waals surface area (Å²) in [6, 6.07) is 9.97. The van der Waals surface area contributed by atoms with Gasteiger partial charge in [-0.15, -0.1) is 0 Å². The van der Waals surface area contributed by atoms with E-state index in [0.29, 0.717) is 0 Å². The zero-order chi connectivity index (χ0) is 15.1. The Labute approximate surface area is 127 Å². The number of amides is 1. The van der Waals surface area contributed by atoms with E-state index in [-0.39, 0.29) is 5.91 Å². The number of benzene rings is 1. The van der Waals surface area contributed by atoms with Crippen molar-refractivity contribution in [2.45, 2.75) is 13.3 Å².